The average molecular weight is 680 g/mol. The summed E-state index contributed by atoms with van der Waals surface area (Å²) in [6.45, 7) is 5.47. The zero-order valence-electron chi connectivity index (χ0n) is 27.5. The van der Waals surface area contributed by atoms with Gasteiger partial charge in [-0.3, -0.25) is 19.9 Å². The predicted octanol–water partition coefficient (Wildman–Crippen LogP) is 7.32. The second-order valence-corrected chi connectivity index (χ2v) is 12.4. The summed E-state index contributed by atoms with van der Waals surface area (Å²) in [6.07, 6.45) is 3.63. The van der Waals surface area contributed by atoms with Gasteiger partial charge in [-0.05, 0) is 65.1 Å². The Bertz CT molecular complexity index is 1730. The maximum absolute atomic E-state index is 11.7. The van der Waals surface area contributed by atoms with E-state index >= 15 is 0 Å². The number of benzene rings is 4. The Balaban J connectivity index is 1.14. The number of pyridine rings is 1. The number of ether oxygens (including phenoxy) is 1. The van der Waals surface area contributed by atoms with Gasteiger partial charge in [0.1, 0.15) is 6.73 Å². The third-order valence-corrected chi connectivity index (χ3v) is 8.63. The van der Waals surface area contributed by atoms with Crippen LogP contribution in [0.1, 0.15) is 45.1 Å². The van der Waals surface area contributed by atoms with E-state index in [1.54, 1.807) is 23.8 Å². The van der Waals surface area contributed by atoms with Crippen LogP contribution in [0.5, 0.6) is 0 Å². The summed E-state index contributed by atoms with van der Waals surface area (Å²) in [6, 6.07) is 37.4. The van der Waals surface area contributed by atoms with Crippen molar-refractivity contribution in [2.75, 3.05) is 18.2 Å². The van der Waals surface area contributed by atoms with E-state index in [1.165, 1.54) is 5.06 Å². The van der Waals surface area contributed by atoms with Crippen molar-refractivity contribution in [3.8, 4) is 0 Å². The first-order valence-electron chi connectivity index (χ1n) is 16.2. The van der Waals surface area contributed by atoms with Gasteiger partial charge in [-0.15, -0.1) is 0 Å². The molecule has 0 spiro atoms. The van der Waals surface area contributed by atoms with Crippen molar-refractivity contribution < 1.29 is 19.9 Å². The molecule has 254 valence electrons. The fraction of sp³-hybridized carbons (Fsp3) is 0.231. The Morgan fingerprint density at radius 3 is 2.10 bits per heavy atom. The lowest BCUT2D eigenvalue weighted by molar-refractivity contribution is -0.172. The van der Waals surface area contributed by atoms with Gasteiger partial charge in [0.2, 0.25) is 0 Å². The van der Waals surface area contributed by atoms with E-state index in [-0.39, 0.29) is 12.8 Å². The molecular weight excluding hydrogens is 638 g/mol. The number of halogens is 1. The van der Waals surface area contributed by atoms with E-state index < -0.39 is 5.91 Å². The molecule has 3 N–H and O–H groups in total. The Hall–Kier alpha value is -4.61. The van der Waals surface area contributed by atoms with E-state index in [4.69, 9.17) is 21.5 Å². The molecule has 9 nitrogen and oxygen atoms in total. The molecule has 1 aromatic heterocycles. The molecule has 0 bridgehead atoms. The minimum absolute atomic E-state index is 0.0259. The van der Waals surface area contributed by atoms with Crippen LogP contribution in [-0.2, 0) is 37.5 Å². The lowest BCUT2D eigenvalue weighted by Crippen LogP contribution is -2.41. The topological polar surface area (TPSA) is 101 Å². The van der Waals surface area contributed by atoms with Gasteiger partial charge in [0.25, 0.3) is 5.91 Å². The van der Waals surface area contributed by atoms with Crippen LogP contribution >= 0.6 is 11.6 Å². The molecule has 1 amide bonds. The van der Waals surface area contributed by atoms with E-state index in [9.17, 15) is 10.0 Å². The summed E-state index contributed by atoms with van der Waals surface area (Å²) in [5.41, 5.74) is 8.41. The van der Waals surface area contributed by atoms with Crippen LogP contribution in [-0.4, -0.2) is 50.6 Å². The number of hydrogen-bond acceptors (Lipinski definition) is 8. The van der Waals surface area contributed by atoms with Crippen molar-refractivity contribution in [3.05, 3.63) is 166 Å². The highest BCUT2D eigenvalue weighted by Gasteiger charge is 2.18. The Morgan fingerprint density at radius 1 is 0.796 bits per heavy atom. The standard InChI is InChI=1S/C39H42ClN5O4/c1-30(43(24-31-8-3-2-4-9-31)25-33-17-19-35(20-18-33)39(46)42-47)23-45(48)29-49-28-34-15-13-32(14-16-34)26-44(37-11-7-21-41-22-37)27-36-10-5-6-12-38(36)40/h2-22,30,47-48H,23-29H2,1H3,(H,42,46). The molecule has 0 aliphatic heterocycles. The molecule has 5 aromatic rings. The first-order chi connectivity index (χ1) is 23.9. The second kappa shape index (κ2) is 18.2. The largest absolute Gasteiger partial charge is 0.362 e. The zero-order valence-corrected chi connectivity index (χ0v) is 28.3. The van der Waals surface area contributed by atoms with Crippen LogP contribution in [0.2, 0.25) is 5.02 Å². The summed E-state index contributed by atoms with van der Waals surface area (Å²) in [5.74, 6) is -0.551. The van der Waals surface area contributed by atoms with Gasteiger partial charge >= 0.3 is 0 Å². The first-order valence-corrected chi connectivity index (χ1v) is 16.5. The summed E-state index contributed by atoms with van der Waals surface area (Å²) < 4.78 is 5.89. The Morgan fingerprint density at radius 2 is 1.43 bits per heavy atom. The van der Waals surface area contributed by atoms with Crippen molar-refractivity contribution in [3.63, 3.8) is 0 Å². The summed E-state index contributed by atoms with van der Waals surface area (Å²) in [7, 11) is 0. The molecule has 49 heavy (non-hydrogen) atoms. The molecule has 10 heteroatoms. The third-order valence-electron chi connectivity index (χ3n) is 8.27. The second-order valence-electron chi connectivity index (χ2n) is 12.0. The van der Waals surface area contributed by atoms with Crippen LogP contribution in [0, 0.1) is 0 Å². The van der Waals surface area contributed by atoms with Gasteiger partial charge < -0.3 is 14.8 Å². The molecule has 1 unspecified atom stereocenters. The summed E-state index contributed by atoms with van der Waals surface area (Å²) >= 11 is 6.48. The van der Waals surface area contributed by atoms with Gasteiger partial charge in [-0.2, -0.15) is 5.06 Å². The minimum atomic E-state index is -0.551. The molecule has 0 saturated carbocycles. The smallest absolute Gasteiger partial charge is 0.274 e. The SMILES string of the molecule is CC(CN(O)COCc1ccc(CN(Cc2ccccc2Cl)c2cccnc2)cc1)N(Cc1ccccc1)Cc1ccc(C(=O)NO)cc1. The number of hydroxylamine groups is 3. The molecule has 0 fully saturated rings. The number of hydrogen-bond donors (Lipinski definition) is 3. The number of carbonyl (C=O) groups is 1. The normalized spacial score (nSPS) is 11.9. The van der Waals surface area contributed by atoms with E-state index in [2.05, 4.69) is 46.0 Å². The number of amides is 1. The van der Waals surface area contributed by atoms with E-state index in [0.29, 0.717) is 44.9 Å². The molecule has 1 heterocycles. The quantitative estimate of drug-likeness (QED) is 0.0534. The number of nitrogens with one attached hydrogen (secondary N) is 1. The summed E-state index contributed by atoms with van der Waals surface area (Å²) in [4.78, 5) is 20.6. The van der Waals surface area contributed by atoms with Crippen molar-refractivity contribution >= 4 is 23.2 Å². The predicted molar refractivity (Wildman–Crippen MR) is 191 cm³/mol. The number of rotatable bonds is 17. The van der Waals surface area contributed by atoms with E-state index in [1.807, 2.05) is 85.1 Å². The monoisotopic (exact) mass is 679 g/mol. The highest BCUT2D eigenvalue weighted by atomic mass is 35.5. The molecule has 0 saturated heterocycles. The number of anilines is 1. The summed E-state index contributed by atoms with van der Waals surface area (Å²) in [5, 5.41) is 21.6. The average Bonchev–Trinajstić information content (AvgIpc) is 3.13. The van der Waals surface area contributed by atoms with Crippen molar-refractivity contribution in [2.45, 2.75) is 45.8 Å². The minimum Gasteiger partial charge on any atom is -0.362 e. The molecule has 0 aliphatic rings. The molecule has 1 atom stereocenters. The number of nitrogens with zero attached hydrogens (tertiary/aromatic N) is 4. The van der Waals surface area contributed by atoms with Gasteiger partial charge in [0.15, 0.2) is 0 Å². The van der Waals surface area contributed by atoms with Crippen LogP contribution in [0.4, 0.5) is 5.69 Å². The number of aromatic nitrogens is 1. The molecule has 4 aromatic carbocycles. The first kappa shape index (κ1) is 35.7. The maximum atomic E-state index is 11.7. The Kier molecular flexibility index (Phi) is 13.3. The van der Waals surface area contributed by atoms with Gasteiger partial charge in [0.05, 0.1) is 18.5 Å². The van der Waals surface area contributed by atoms with Crippen molar-refractivity contribution in [2.24, 2.45) is 0 Å². The van der Waals surface area contributed by atoms with Crippen LogP contribution in [0.25, 0.3) is 0 Å². The number of carbonyl (C=O) groups excluding carboxylic acids is 1. The van der Waals surface area contributed by atoms with Crippen LogP contribution < -0.4 is 10.4 Å². The molecule has 5 rings (SSSR count). The third kappa shape index (κ3) is 11.0. The highest BCUT2D eigenvalue weighted by Crippen LogP contribution is 2.23. The Labute approximate surface area is 292 Å². The molecule has 0 radical (unpaired) electrons. The molecular formula is C39H42ClN5O4. The lowest BCUT2D eigenvalue weighted by atomic mass is 10.1. The van der Waals surface area contributed by atoms with Gasteiger partial charge in [0, 0.05) is 55.5 Å². The molecule has 0 aliphatic carbocycles. The van der Waals surface area contributed by atoms with E-state index in [0.717, 1.165) is 38.5 Å². The van der Waals surface area contributed by atoms with Crippen molar-refractivity contribution in [1.82, 2.24) is 20.4 Å². The maximum Gasteiger partial charge on any atom is 0.274 e. The van der Waals surface area contributed by atoms with Gasteiger partial charge in [-0.1, -0.05) is 96.5 Å². The van der Waals surface area contributed by atoms with Crippen LogP contribution in [0.3, 0.4) is 0 Å². The zero-order chi connectivity index (χ0) is 34.4. The lowest BCUT2D eigenvalue weighted by Gasteiger charge is -2.31. The van der Waals surface area contributed by atoms with Crippen molar-refractivity contribution in [1.29, 1.82) is 0 Å². The fourth-order valence-corrected chi connectivity index (χ4v) is 5.76. The highest BCUT2D eigenvalue weighted by molar-refractivity contribution is 6.31. The van der Waals surface area contributed by atoms with Gasteiger partial charge in [-0.25, -0.2) is 5.48 Å². The van der Waals surface area contributed by atoms with Crippen LogP contribution in [0.15, 0.2) is 128 Å². The fourth-order valence-electron chi connectivity index (χ4n) is 5.56.